The summed E-state index contributed by atoms with van der Waals surface area (Å²) in [5.41, 5.74) is 3.29. The molecule has 0 aliphatic heterocycles. The quantitative estimate of drug-likeness (QED) is 0.699. The Balaban J connectivity index is 1.86. The van der Waals surface area contributed by atoms with E-state index in [-0.39, 0.29) is 5.28 Å². The smallest absolute Gasteiger partial charge is 0.243 e. The maximum atomic E-state index is 5.86. The Morgan fingerprint density at radius 1 is 1.00 bits per heavy atom. The van der Waals surface area contributed by atoms with Crippen molar-refractivity contribution in [3.8, 4) is 22.8 Å². The van der Waals surface area contributed by atoms with Crippen LogP contribution in [0, 0.1) is 6.92 Å². The SMILES string of the molecule is COc1cc(-c2nc(Cl)nnc2C)ccc1OCc1ccccc1. The third kappa shape index (κ3) is 3.63. The standard InChI is InChI=1S/C18H16ClN3O2/c1-12-17(20-18(19)22-21-12)14-8-9-15(16(10-14)23-2)24-11-13-6-4-3-5-7-13/h3-10H,11H2,1-2H3. The minimum Gasteiger partial charge on any atom is -0.493 e. The molecule has 122 valence electrons. The van der Waals surface area contributed by atoms with Gasteiger partial charge < -0.3 is 9.47 Å². The first-order valence-corrected chi connectivity index (χ1v) is 7.77. The number of aryl methyl sites for hydroxylation is 1. The van der Waals surface area contributed by atoms with E-state index in [0.29, 0.717) is 29.5 Å². The normalized spacial score (nSPS) is 10.5. The lowest BCUT2D eigenvalue weighted by atomic mass is 10.1. The Kier molecular flexibility index (Phi) is 4.91. The molecule has 0 atom stereocenters. The molecule has 0 aliphatic carbocycles. The van der Waals surface area contributed by atoms with Crippen LogP contribution in [0.2, 0.25) is 5.28 Å². The van der Waals surface area contributed by atoms with Gasteiger partial charge in [0.25, 0.3) is 0 Å². The van der Waals surface area contributed by atoms with Gasteiger partial charge in [-0.15, -0.1) is 5.10 Å². The fourth-order valence-electron chi connectivity index (χ4n) is 2.30. The van der Waals surface area contributed by atoms with E-state index in [1.54, 1.807) is 7.11 Å². The number of rotatable bonds is 5. The van der Waals surface area contributed by atoms with Crippen LogP contribution in [0.5, 0.6) is 11.5 Å². The summed E-state index contributed by atoms with van der Waals surface area (Å²) in [4.78, 5) is 4.24. The Morgan fingerprint density at radius 3 is 2.54 bits per heavy atom. The first-order chi connectivity index (χ1) is 11.7. The molecule has 0 N–H and O–H groups in total. The lowest BCUT2D eigenvalue weighted by Crippen LogP contribution is -1.99. The Labute approximate surface area is 145 Å². The van der Waals surface area contributed by atoms with Crippen molar-refractivity contribution in [2.75, 3.05) is 7.11 Å². The van der Waals surface area contributed by atoms with Gasteiger partial charge in [-0.25, -0.2) is 4.98 Å². The molecule has 0 bridgehead atoms. The molecule has 0 radical (unpaired) electrons. The van der Waals surface area contributed by atoms with Crippen molar-refractivity contribution in [2.24, 2.45) is 0 Å². The number of aromatic nitrogens is 3. The molecule has 0 saturated heterocycles. The van der Waals surface area contributed by atoms with Crippen LogP contribution in [0.1, 0.15) is 11.3 Å². The number of nitrogens with zero attached hydrogens (tertiary/aromatic N) is 3. The van der Waals surface area contributed by atoms with Crippen molar-refractivity contribution < 1.29 is 9.47 Å². The Morgan fingerprint density at radius 2 is 1.79 bits per heavy atom. The maximum Gasteiger partial charge on any atom is 0.243 e. The predicted molar refractivity (Wildman–Crippen MR) is 92.3 cm³/mol. The second kappa shape index (κ2) is 7.27. The van der Waals surface area contributed by atoms with Crippen molar-refractivity contribution >= 4 is 11.6 Å². The predicted octanol–water partition coefficient (Wildman–Crippen LogP) is 4.09. The molecule has 0 fully saturated rings. The van der Waals surface area contributed by atoms with Gasteiger partial charge in [-0.2, -0.15) is 5.10 Å². The minimum atomic E-state index is 0.110. The first-order valence-electron chi connectivity index (χ1n) is 7.39. The second-order valence-electron chi connectivity index (χ2n) is 5.15. The van der Waals surface area contributed by atoms with Crippen molar-refractivity contribution in [1.82, 2.24) is 15.2 Å². The zero-order chi connectivity index (χ0) is 16.9. The van der Waals surface area contributed by atoms with Crippen LogP contribution in [-0.2, 0) is 6.61 Å². The van der Waals surface area contributed by atoms with Crippen LogP contribution < -0.4 is 9.47 Å². The molecule has 24 heavy (non-hydrogen) atoms. The van der Waals surface area contributed by atoms with Gasteiger partial charge >= 0.3 is 0 Å². The molecule has 0 aliphatic rings. The highest BCUT2D eigenvalue weighted by Crippen LogP contribution is 2.33. The Hall–Kier alpha value is -2.66. The Bertz CT molecular complexity index is 841. The molecule has 0 spiro atoms. The summed E-state index contributed by atoms with van der Waals surface area (Å²) < 4.78 is 11.3. The van der Waals surface area contributed by atoms with Gasteiger partial charge in [0.1, 0.15) is 6.61 Å². The number of ether oxygens (including phenoxy) is 2. The van der Waals surface area contributed by atoms with E-state index in [1.165, 1.54) is 0 Å². The monoisotopic (exact) mass is 341 g/mol. The van der Waals surface area contributed by atoms with E-state index in [4.69, 9.17) is 21.1 Å². The molecule has 1 aromatic heterocycles. The first kappa shape index (κ1) is 16.2. The highest BCUT2D eigenvalue weighted by Gasteiger charge is 2.12. The topological polar surface area (TPSA) is 57.1 Å². The number of halogens is 1. The van der Waals surface area contributed by atoms with Crippen LogP contribution in [0.25, 0.3) is 11.3 Å². The zero-order valence-electron chi connectivity index (χ0n) is 13.4. The van der Waals surface area contributed by atoms with Gasteiger partial charge in [-0.3, -0.25) is 0 Å². The van der Waals surface area contributed by atoms with Crippen molar-refractivity contribution in [2.45, 2.75) is 13.5 Å². The van der Waals surface area contributed by atoms with Crippen LogP contribution >= 0.6 is 11.6 Å². The highest BCUT2D eigenvalue weighted by atomic mass is 35.5. The third-order valence-electron chi connectivity index (χ3n) is 3.50. The van der Waals surface area contributed by atoms with Gasteiger partial charge in [-0.05, 0) is 42.3 Å². The highest BCUT2D eigenvalue weighted by molar-refractivity contribution is 6.28. The molecular weight excluding hydrogens is 326 g/mol. The summed E-state index contributed by atoms with van der Waals surface area (Å²) in [6.45, 7) is 2.30. The lowest BCUT2D eigenvalue weighted by molar-refractivity contribution is 0.284. The van der Waals surface area contributed by atoms with E-state index in [1.807, 2.05) is 55.5 Å². The van der Waals surface area contributed by atoms with Crippen LogP contribution in [0.3, 0.4) is 0 Å². The fraction of sp³-hybridized carbons (Fsp3) is 0.167. The van der Waals surface area contributed by atoms with E-state index >= 15 is 0 Å². The van der Waals surface area contributed by atoms with Crippen LogP contribution in [0.15, 0.2) is 48.5 Å². The molecule has 2 aromatic carbocycles. The van der Waals surface area contributed by atoms with Crippen LogP contribution in [-0.4, -0.2) is 22.3 Å². The van der Waals surface area contributed by atoms with Crippen molar-refractivity contribution in [3.63, 3.8) is 0 Å². The summed E-state index contributed by atoms with van der Waals surface area (Å²) in [6.07, 6.45) is 0. The van der Waals surface area contributed by atoms with E-state index in [0.717, 1.165) is 11.1 Å². The number of methoxy groups -OCH3 is 1. The largest absolute Gasteiger partial charge is 0.493 e. The van der Waals surface area contributed by atoms with Crippen molar-refractivity contribution in [3.05, 3.63) is 65.1 Å². The van der Waals surface area contributed by atoms with Gasteiger partial charge in [0.2, 0.25) is 5.28 Å². The van der Waals surface area contributed by atoms with Crippen molar-refractivity contribution in [1.29, 1.82) is 0 Å². The fourth-order valence-corrected chi connectivity index (χ4v) is 2.42. The van der Waals surface area contributed by atoms with E-state index in [2.05, 4.69) is 15.2 Å². The minimum absolute atomic E-state index is 0.110. The number of hydrogen-bond donors (Lipinski definition) is 0. The molecule has 5 nitrogen and oxygen atoms in total. The molecule has 6 heteroatoms. The van der Waals surface area contributed by atoms with E-state index < -0.39 is 0 Å². The average Bonchev–Trinajstić information content (AvgIpc) is 2.62. The van der Waals surface area contributed by atoms with Crippen LogP contribution in [0.4, 0.5) is 0 Å². The summed E-state index contributed by atoms with van der Waals surface area (Å²) in [6, 6.07) is 15.6. The average molecular weight is 342 g/mol. The number of hydrogen-bond acceptors (Lipinski definition) is 5. The van der Waals surface area contributed by atoms with E-state index in [9.17, 15) is 0 Å². The lowest BCUT2D eigenvalue weighted by Gasteiger charge is -2.12. The summed E-state index contributed by atoms with van der Waals surface area (Å²) in [7, 11) is 1.60. The van der Waals surface area contributed by atoms with Gasteiger partial charge in [-0.1, -0.05) is 30.3 Å². The maximum absolute atomic E-state index is 5.86. The number of benzene rings is 2. The van der Waals surface area contributed by atoms with Gasteiger partial charge in [0, 0.05) is 5.56 Å². The summed E-state index contributed by atoms with van der Waals surface area (Å²) >= 11 is 5.85. The summed E-state index contributed by atoms with van der Waals surface area (Å²) in [5.74, 6) is 1.29. The van der Waals surface area contributed by atoms with Gasteiger partial charge in [0.05, 0.1) is 18.5 Å². The van der Waals surface area contributed by atoms with Gasteiger partial charge in [0.15, 0.2) is 11.5 Å². The molecule has 1 heterocycles. The molecule has 3 rings (SSSR count). The zero-order valence-corrected chi connectivity index (χ0v) is 14.1. The molecular formula is C18H16ClN3O2. The third-order valence-corrected chi connectivity index (χ3v) is 3.66. The molecule has 0 saturated carbocycles. The molecule has 0 amide bonds. The molecule has 0 unspecified atom stereocenters. The molecule has 3 aromatic rings. The summed E-state index contributed by atoms with van der Waals surface area (Å²) in [5, 5.41) is 7.84. The second-order valence-corrected chi connectivity index (χ2v) is 5.49.